The van der Waals surface area contributed by atoms with Crippen LogP contribution in [0.4, 0.5) is 5.69 Å². The van der Waals surface area contributed by atoms with Crippen molar-refractivity contribution in [1.29, 1.82) is 0 Å². The van der Waals surface area contributed by atoms with Crippen molar-refractivity contribution in [2.45, 2.75) is 25.6 Å². The van der Waals surface area contributed by atoms with E-state index in [9.17, 15) is 0 Å². The second-order valence-electron chi connectivity index (χ2n) is 8.08. The topological polar surface area (TPSA) is 61.4 Å². The molecule has 1 aliphatic rings. The molecule has 2 N–H and O–H groups in total. The van der Waals surface area contributed by atoms with Crippen molar-refractivity contribution in [2.24, 2.45) is 4.99 Å². The Morgan fingerprint density at radius 2 is 1.81 bits per heavy atom. The summed E-state index contributed by atoms with van der Waals surface area (Å²) in [7, 11) is 9.30. The van der Waals surface area contributed by atoms with E-state index in [-0.39, 0.29) is 24.0 Å². The molecule has 0 aliphatic carbocycles. The monoisotopic (exact) mass is 553 g/mol. The van der Waals surface area contributed by atoms with Gasteiger partial charge in [0, 0.05) is 65.1 Å². The van der Waals surface area contributed by atoms with Gasteiger partial charge in [-0.25, -0.2) is 0 Å². The van der Waals surface area contributed by atoms with Crippen LogP contribution in [0.5, 0.6) is 11.5 Å². The van der Waals surface area contributed by atoms with Gasteiger partial charge >= 0.3 is 0 Å². The van der Waals surface area contributed by atoms with E-state index in [1.165, 1.54) is 16.8 Å². The molecule has 0 amide bonds. The van der Waals surface area contributed by atoms with Gasteiger partial charge in [0.2, 0.25) is 0 Å². The normalized spacial score (nSPS) is 16.3. The third-order valence-corrected chi connectivity index (χ3v) is 5.54. The Balaban J connectivity index is 0.00000363. The number of likely N-dealkylation sites (tertiary alicyclic amines) is 1. The van der Waals surface area contributed by atoms with Crippen LogP contribution < -0.4 is 25.0 Å². The van der Waals surface area contributed by atoms with Gasteiger partial charge in [-0.3, -0.25) is 9.89 Å². The van der Waals surface area contributed by atoms with Gasteiger partial charge in [-0.05, 0) is 41.8 Å². The molecule has 0 aromatic heterocycles. The fraction of sp³-hybridized carbons (Fsp3) is 0.458. The number of anilines is 1. The number of nitrogens with zero attached hydrogens (tertiary/aromatic N) is 3. The molecule has 7 nitrogen and oxygen atoms in total. The summed E-state index contributed by atoms with van der Waals surface area (Å²) in [6.45, 7) is 3.62. The van der Waals surface area contributed by atoms with E-state index in [4.69, 9.17) is 9.47 Å². The quantitative estimate of drug-likeness (QED) is 0.297. The molecule has 0 bridgehead atoms. The van der Waals surface area contributed by atoms with Crippen molar-refractivity contribution in [3.63, 3.8) is 0 Å². The molecule has 8 heteroatoms. The largest absolute Gasteiger partial charge is 0.497 e. The number of hydrogen-bond acceptors (Lipinski definition) is 5. The molecule has 1 saturated heterocycles. The first-order chi connectivity index (χ1) is 15.0. The number of nitrogens with one attached hydrogen (secondary N) is 2. The van der Waals surface area contributed by atoms with Crippen molar-refractivity contribution in [2.75, 3.05) is 53.4 Å². The van der Waals surface area contributed by atoms with E-state index >= 15 is 0 Å². The Bertz CT molecular complexity index is 868. The molecule has 32 heavy (non-hydrogen) atoms. The minimum Gasteiger partial charge on any atom is -0.497 e. The average Bonchev–Trinajstić information content (AvgIpc) is 3.22. The molecule has 1 heterocycles. The van der Waals surface area contributed by atoms with Crippen molar-refractivity contribution in [3.05, 3.63) is 53.6 Å². The molecule has 1 unspecified atom stereocenters. The predicted molar refractivity (Wildman–Crippen MR) is 143 cm³/mol. The van der Waals surface area contributed by atoms with Crippen LogP contribution in [0.25, 0.3) is 0 Å². The molecular weight excluding hydrogens is 517 g/mol. The molecule has 2 aromatic carbocycles. The zero-order valence-corrected chi connectivity index (χ0v) is 22.1. The van der Waals surface area contributed by atoms with Gasteiger partial charge in [-0.2, -0.15) is 0 Å². The summed E-state index contributed by atoms with van der Waals surface area (Å²) in [4.78, 5) is 8.97. The Hall–Kier alpha value is -2.20. The highest BCUT2D eigenvalue weighted by Crippen LogP contribution is 2.24. The third-order valence-electron chi connectivity index (χ3n) is 5.54. The van der Waals surface area contributed by atoms with Gasteiger partial charge in [0.1, 0.15) is 11.5 Å². The summed E-state index contributed by atoms with van der Waals surface area (Å²) < 4.78 is 10.8. The lowest BCUT2D eigenvalue weighted by Crippen LogP contribution is -2.44. The Kier molecular flexibility index (Phi) is 10.4. The Morgan fingerprint density at radius 3 is 2.44 bits per heavy atom. The minimum absolute atomic E-state index is 0. The zero-order valence-electron chi connectivity index (χ0n) is 19.7. The Morgan fingerprint density at radius 1 is 1.09 bits per heavy atom. The second kappa shape index (κ2) is 12.7. The molecule has 0 radical (unpaired) electrons. The molecule has 0 spiro atoms. The highest BCUT2D eigenvalue weighted by Gasteiger charge is 2.23. The van der Waals surface area contributed by atoms with Gasteiger partial charge in [0.25, 0.3) is 0 Å². The predicted octanol–water partition coefficient (Wildman–Crippen LogP) is 3.33. The molecule has 1 atom stereocenters. The van der Waals surface area contributed by atoms with Crippen LogP contribution in [0.2, 0.25) is 0 Å². The first-order valence-electron chi connectivity index (χ1n) is 10.7. The number of ether oxygens (including phenoxy) is 2. The van der Waals surface area contributed by atoms with Crippen LogP contribution in [0, 0.1) is 0 Å². The zero-order chi connectivity index (χ0) is 22.2. The average molecular weight is 553 g/mol. The number of guanidine groups is 1. The third kappa shape index (κ3) is 7.44. The van der Waals surface area contributed by atoms with Gasteiger partial charge in [-0.15, -0.1) is 24.0 Å². The SMILES string of the molecule is CN=C(NCc1cccc(N(C)C)c1)NC1CCN(Cc2cc(OC)cc(OC)c2)C1.I. The minimum atomic E-state index is 0. The molecule has 1 aliphatic heterocycles. The van der Waals surface area contributed by atoms with Crippen molar-refractivity contribution < 1.29 is 9.47 Å². The van der Waals surface area contributed by atoms with Crippen molar-refractivity contribution >= 4 is 35.6 Å². The number of methoxy groups -OCH3 is 2. The van der Waals surface area contributed by atoms with Gasteiger partial charge in [-0.1, -0.05) is 12.1 Å². The van der Waals surface area contributed by atoms with E-state index < -0.39 is 0 Å². The summed E-state index contributed by atoms with van der Waals surface area (Å²) in [6, 6.07) is 14.9. The summed E-state index contributed by atoms with van der Waals surface area (Å²) >= 11 is 0. The summed E-state index contributed by atoms with van der Waals surface area (Å²) in [6.07, 6.45) is 1.08. The smallest absolute Gasteiger partial charge is 0.191 e. The van der Waals surface area contributed by atoms with E-state index in [1.807, 2.05) is 13.1 Å². The maximum Gasteiger partial charge on any atom is 0.191 e. The van der Waals surface area contributed by atoms with Crippen LogP contribution in [0.3, 0.4) is 0 Å². The molecule has 2 aromatic rings. The number of halogens is 1. The number of benzene rings is 2. The lowest BCUT2D eigenvalue weighted by molar-refractivity contribution is 0.321. The van der Waals surface area contributed by atoms with Gasteiger partial charge in [0.05, 0.1) is 14.2 Å². The van der Waals surface area contributed by atoms with Crippen LogP contribution in [0.1, 0.15) is 17.5 Å². The van der Waals surface area contributed by atoms with Crippen LogP contribution in [-0.2, 0) is 13.1 Å². The molecular formula is C24H36IN5O2. The van der Waals surface area contributed by atoms with E-state index in [0.717, 1.165) is 50.1 Å². The highest BCUT2D eigenvalue weighted by molar-refractivity contribution is 14.0. The van der Waals surface area contributed by atoms with Gasteiger partial charge < -0.3 is 25.0 Å². The maximum atomic E-state index is 5.40. The molecule has 0 saturated carbocycles. The fourth-order valence-corrected chi connectivity index (χ4v) is 3.83. The second-order valence-corrected chi connectivity index (χ2v) is 8.08. The fourth-order valence-electron chi connectivity index (χ4n) is 3.83. The van der Waals surface area contributed by atoms with Crippen LogP contribution in [0.15, 0.2) is 47.5 Å². The first kappa shape index (κ1) is 26.1. The van der Waals surface area contributed by atoms with Crippen LogP contribution >= 0.6 is 24.0 Å². The van der Waals surface area contributed by atoms with Crippen LogP contribution in [-0.4, -0.2) is 65.4 Å². The van der Waals surface area contributed by atoms with Crippen molar-refractivity contribution in [3.8, 4) is 11.5 Å². The number of rotatable bonds is 8. The Labute approximate surface area is 209 Å². The van der Waals surface area contributed by atoms with E-state index in [2.05, 4.69) is 75.9 Å². The first-order valence-corrected chi connectivity index (χ1v) is 10.7. The molecule has 3 rings (SSSR count). The number of hydrogen-bond donors (Lipinski definition) is 2. The molecule has 1 fully saturated rings. The summed E-state index contributed by atoms with van der Waals surface area (Å²) in [5, 5.41) is 7.01. The summed E-state index contributed by atoms with van der Waals surface area (Å²) in [5.74, 6) is 2.49. The standard InChI is InChI=1S/C24H35N5O2.HI/c1-25-24(26-15-18-7-6-8-21(11-18)28(2)3)27-20-9-10-29(17-20)16-19-12-22(30-4)14-23(13-19)31-5;/h6-8,11-14,20H,9-10,15-17H2,1-5H3,(H2,25,26,27);1H. The van der Waals surface area contributed by atoms with Crippen molar-refractivity contribution in [1.82, 2.24) is 15.5 Å². The maximum absolute atomic E-state index is 5.40. The van der Waals surface area contributed by atoms with E-state index in [0.29, 0.717) is 6.04 Å². The highest BCUT2D eigenvalue weighted by atomic mass is 127. The number of aliphatic imine (C=N–C) groups is 1. The van der Waals surface area contributed by atoms with E-state index in [1.54, 1.807) is 14.2 Å². The lowest BCUT2D eigenvalue weighted by Gasteiger charge is -2.20. The summed E-state index contributed by atoms with van der Waals surface area (Å²) in [5.41, 5.74) is 3.62. The molecule has 176 valence electrons. The van der Waals surface area contributed by atoms with Gasteiger partial charge in [0.15, 0.2) is 5.96 Å². The lowest BCUT2D eigenvalue weighted by atomic mass is 10.2.